The van der Waals surface area contributed by atoms with Crippen LogP contribution in [0.15, 0.2) is 42.5 Å². The van der Waals surface area contributed by atoms with Crippen LogP contribution in [0.1, 0.15) is 5.56 Å². The number of carbonyl (C=O) groups is 1. The fraction of sp³-hybridized carbons (Fsp3) is 0.350. The third-order valence-corrected chi connectivity index (χ3v) is 4.77. The van der Waals surface area contributed by atoms with Gasteiger partial charge in [0.15, 0.2) is 6.61 Å². The molecule has 2 aromatic rings. The molecule has 0 N–H and O–H groups in total. The summed E-state index contributed by atoms with van der Waals surface area (Å²) in [6, 6.07) is 10.1. The number of ether oxygens (including phenoxy) is 2. The zero-order valence-electron chi connectivity index (χ0n) is 16.0. The lowest BCUT2D eigenvalue weighted by Gasteiger charge is -2.34. The minimum atomic E-state index is -0.430. The van der Waals surface area contributed by atoms with Crippen LogP contribution in [-0.2, 0) is 11.3 Å². The molecule has 1 amide bonds. The number of amides is 1. The summed E-state index contributed by atoms with van der Waals surface area (Å²) in [4.78, 5) is 26.8. The number of nitrogens with zero attached hydrogens (tertiary/aromatic N) is 3. The zero-order valence-corrected chi connectivity index (χ0v) is 16.0. The van der Waals surface area contributed by atoms with Crippen molar-refractivity contribution >= 4 is 11.6 Å². The highest BCUT2D eigenvalue weighted by molar-refractivity contribution is 5.77. The number of rotatable bonds is 7. The Morgan fingerprint density at radius 3 is 2.45 bits per heavy atom. The number of hydrogen-bond acceptors (Lipinski definition) is 6. The molecule has 0 unspecified atom stereocenters. The van der Waals surface area contributed by atoms with Crippen molar-refractivity contribution in [2.24, 2.45) is 0 Å². The number of nitro groups is 1. The summed E-state index contributed by atoms with van der Waals surface area (Å²) >= 11 is 0. The van der Waals surface area contributed by atoms with E-state index in [1.807, 2.05) is 0 Å². The third kappa shape index (κ3) is 5.41. The summed E-state index contributed by atoms with van der Waals surface area (Å²) in [5.41, 5.74) is 0.758. The predicted octanol–water partition coefficient (Wildman–Crippen LogP) is 2.47. The van der Waals surface area contributed by atoms with Gasteiger partial charge < -0.3 is 14.4 Å². The maximum Gasteiger partial charge on any atom is 0.270 e. The van der Waals surface area contributed by atoms with Crippen LogP contribution in [0.4, 0.5) is 10.1 Å². The molecule has 1 heterocycles. The summed E-state index contributed by atoms with van der Waals surface area (Å²) in [6.45, 7) is 2.72. The molecule has 2 aromatic carbocycles. The Morgan fingerprint density at radius 2 is 1.83 bits per heavy atom. The van der Waals surface area contributed by atoms with Crippen molar-refractivity contribution in [3.05, 3.63) is 64.0 Å². The average molecular weight is 403 g/mol. The van der Waals surface area contributed by atoms with E-state index in [0.29, 0.717) is 44.2 Å². The summed E-state index contributed by atoms with van der Waals surface area (Å²) in [7, 11) is 1.53. The second kappa shape index (κ2) is 9.33. The standard InChI is InChI=1S/C20H22FN3O5/c1-28-19-7-4-17(24(26)27)12-15(19)13-22-8-10-23(11-9-22)20(25)14-29-18-5-2-16(21)3-6-18/h2-7,12H,8-11,13-14H2,1H3. The van der Waals surface area contributed by atoms with Gasteiger partial charge in [-0.25, -0.2) is 4.39 Å². The molecule has 0 atom stereocenters. The maximum absolute atomic E-state index is 12.9. The molecule has 154 valence electrons. The van der Waals surface area contributed by atoms with Gasteiger partial charge in [-0.05, 0) is 30.3 Å². The predicted molar refractivity (Wildman–Crippen MR) is 103 cm³/mol. The van der Waals surface area contributed by atoms with E-state index in [1.54, 1.807) is 11.0 Å². The summed E-state index contributed by atoms with van der Waals surface area (Å²) < 4.78 is 23.6. The molecule has 0 spiro atoms. The molecule has 8 nitrogen and oxygen atoms in total. The topological polar surface area (TPSA) is 85.2 Å². The van der Waals surface area contributed by atoms with E-state index in [1.165, 1.54) is 43.5 Å². The summed E-state index contributed by atoms with van der Waals surface area (Å²) in [5.74, 6) is 0.542. The molecule has 29 heavy (non-hydrogen) atoms. The minimum absolute atomic E-state index is 0.0209. The van der Waals surface area contributed by atoms with Gasteiger partial charge >= 0.3 is 0 Å². The first-order valence-corrected chi connectivity index (χ1v) is 9.16. The van der Waals surface area contributed by atoms with E-state index in [2.05, 4.69) is 4.90 Å². The van der Waals surface area contributed by atoms with Crippen LogP contribution >= 0.6 is 0 Å². The van der Waals surface area contributed by atoms with Gasteiger partial charge in [0, 0.05) is 50.4 Å². The van der Waals surface area contributed by atoms with Crippen molar-refractivity contribution in [1.29, 1.82) is 0 Å². The van der Waals surface area contributed by atoms with Gasteiger partial charge in [-0.15, -0.1) is 0 Å². The van der Waals surface area contributed by atoms with Crippen molar-refractivity contribution in [2.45, 2.75) is 6.54 Å². The van der Waals surface area contributed by atoms with Crippen molar-refractivity contribution in [3.63, 3.8) is 0 Å². The number of nitro benzene ring substituents is 1. The molecule has 0 aromatic heterocycles. The Hall–Kier alpha value is -3.20. The second-order valence-corrected chi connectivity index (χ2v) is 6.65. The van der Waals surface area contributed by atoms with Crippen LogP contribution in [0.3, 0.4) is 0 Å². The Kier molecular flexibility index (Phi) is 6.61. The van der Waals surface area contributed by atoms with Gasteiger partial charge in [0.05, 0.1) is 12.0 Å². The highest BCUT2D eigenvalue weighted by atomic mass is 19.1. The van der Waals surface area contributed by atoms with Crippen LogP contribution in [0, 0.1) is 15.9 Å². The number of hydrogen-bond donors (Lipinski definition) is 0. The molecule has 9 heteroatoms. The van der Waals surface area contributed by atoms with E-state index >= 15 is 0 Å². The number of non-ortho nitro benzene ring substituents is 1. The van der Waals surface area contributed by atoms with Crippen LogP contribution in [0.25, 0.3) is 0 Å². The molecule has 0 saturated carbocycles. The first-order valence-electron chi connectivity index (χ1n) is 9.16. The van der Waals surface area contributed by atoms with Gasteiger partial charge in [0.2, 0.25) is 0 Å². The molecular formula is C20H22FN3O5. The number of carbonyl (C=O) groups excluding carboxylic acids is 1. The van der Waals surface area contributed by atoms with Gasteiger partial charge in [0.1, 0.15) is 17.3 Å². The van der Waals surface area contributed by atoms with Crippen molar-refractivity contribution in [2.75, 3.05) is 39.9 Å². The molecule has 1 aliphatic heterocycles. The Balaban J connectivity index is 1.51. The summed E-state index contributed by atoms with van der Waals surface area (Å²) in [5, 5.41) is 11.0. The first kappa shape index (κ1) is 20.5. The lowest BCUT2D eigenvalue weighted by atomic mass is 10.1. The highest BCUT2D eigenvalue weighted by Gasteiger charge is 2.23. The van der Waals surface area contributed by atoms with Crippen molar-refractivity contribution in [1.82, 2.24) is 9.80 Å². The van der Waals surface area contributed by atoms with E-state index in [4.69, 9.17) is 9.47 Å². The Morgan fingerprint density at radius 1 is 1.14 bits per heavy atom. The second-order valence-electron chi connectivity index (χ2n) is 6.65. The van der Waals surface area contributed by atoms with E-state index in [0.717, 1.165) is 5.56 Å². The number of benzene rings is 2. The maximum atomic E-state index is 12.9. The van der Waals surface area contributed by atoms with Gasteiger partial charge in [-0.1, -0.05) is 0 Å². The largest absolute Gasteiger partial charge is 0.496 e. The van der Waals surface area contributed by atoms with Crippen molar-refractivity contribution in [3.8, 4) is 11.5 Å². The van der Waals surface area contributed by atoms with Crippen molar-refractivity contribution < 1.29 is 23.6 Å². The lowest BCUT2D eigenvalue weighted by molar-refractivity contribution is -0.385. The van der Waals surface area contributed by atoms with Crippen LogP contribution in [0.2, 0.25) is 0 Å². The lowest BCUT2D eigenvalue weighted by Crippen LogP contribution is -2.49. The first-order chi connectivity index (χ1) is 14.0. The number of methoxy groups -OCH3 is 1. The molecule has 1 aliphatic rings. The minimum Gasteiger partial charge on any atom is -0.496 e. The Bertz CT molecular complexity index is 867. The van der Waals surface area contributed by atoms with E-state index in [-0.39, 0.29) is 24.0 Å². The van der Waals surface area contributed by atoms with Gasteiger partial charge in [0.25, 0.3) is 11.6 Å². The monoisotopic (exact) mass is 403 g/mol. The molecule has 0 radical (unpaired) electrons. The molecule has 0 aliphatic carbocycles. The molecule has 0 bridgehead atoms. The fourth-order valence-corrected chi connectivity index (χ4v) is 3.17. The van der Waals surface area contributed by atoms with Crippen LogP contribution in [-0.4, -0.2) is 60.5 Å². The van der Waals surface area contributed by atoms with E-state index in [9.17, 15) is 19.3 Å². The smallest absolute Gasteiger partial charge is 0.270 e. The van der Waals surface area contributed by atoms with Gasteiger partial charge in [-0.3, -0.25) is 19.8 Å². The number of piperazine rings is 1. The molecule has 1 saturated heterocycles. The zero-order chi connectivity index (χ0) is 20.8. The molecule has 1 fully saturated rings. The summed E-state index contributed by atoms with van der Waals surface area (Å²) in [6.07, 6.45) is 0. The molecular weight excluding hydrogens is 381 g/mol. The van der Waals surface area contributed by atoms with Gasteiger partial charge in [-0.2, -0.15) is 0 Å². The highest BCUT2D eigenvalue weighted by Crippen LogP contribution is 2.25. The fourth-order valence-electron chi connectivity index (χ4n) is 3.17. The van der Waals surface area contributed by atoms with Crippen LogP contribution in [0.5, 0.6) is 11.5 Å². The Labute approximate surface area is 167 Å². The number of halogens is 1. The quantitative estimate of drug-likeness (QED) is 0.522. The average Bonchev–Trinajstić information content (AvgIpc) is 2.73. The normalized spacial score (nSPS) is 14.5. The SMILES string of the molecule is COc1ccc([N+](=O)[O-])cc1CN1CCN(C(=O)COc2ccc(F)cc2)CC1. The molecule has 3 rings (SSSR count). The van der Waals surface area contributed by atoms with Crippen LogP contribution < -0.4 is 9.47 Å². The third-order valence-electron chi connectivity index (χ3n) is 4.77. The van der Waals surface area contributed by atoms with E-state index < -0.39 is 4.92 Å².